The Balaban J connectivity index is 0.00000192. The normalized spacial score (nSPS) is 17.8. The topological polar surface area (TPSA) is 32.3 Å². The van der Waals surface area contributed by atoms with E-state index in [0.29, 0.717) is 5.92 Å². The summed E-state index contributed by atoms with van der Waals surface area (Å²) in [6, 6.07) is 12.1. The largest absolute Gasteiger partial charge is 0.338 e. The van der Waals surface area contributed by atoms with Crippen molar-refractivity contribution in [2.45, 2.75) is 12.8 Å². The molecular formula is C18H22BrClN2O. The SMILES string of the molecule is CNCC1CCCN(C(=O)c2ccc3cc(Br)ccc3c2)C1.Cl. The Bertz CT molecular complexity index is 690. The molecular weight excluding hydrogens is 376 g/mol. The van der Waals surface area contributed by atoms with Crippen molar-refractivity contribution < 1.29 is 4.79 Å². The molecule has 0 saturated carbocycles. The van der Waals surface area contributed by atoms with Crippen LogP contribution in [-0.4, -0.2) is 37.5 Å². The molecule has 0 aromatic heterocycles. The van der Waals surface area contributed by atoms with Crippen molar-refractivity contribution in [3.8, 4) is 0 Å². The monoisotopic (exact) mass is 396 g/mol. The summed E-state index contributed by atoms with van der Waals surface area (Å²) < 4.78 is 1.06. The van der Waals surface area contributed by atoms with Crippen LogP contribution in [0, 0.1) is 5.92 Å². The number of hydrogen-bond acceptors (Lipinski definition) is 2. The van der Waals surface area contributed by atoms with Crippen molar-refractivity contribution in [2.24, 2.45) is 5.92 Å². The maximum atomic E-state index is 12.8. The molecule has 1 unspecified atom stereocenters. The number of nitrogens with zero attached hydrogens (tertiary/aromatic N) is 1. The summed E-state index contributed by atoms with van der Waals surface area (Å²) >= 11 is 3.48. The summed E-state index contributed by atoms with van der Waals surface area (Å²) in [7, 11) is 1.97. The van der Waals surface area contributed by atoms with Crippen LogP contribution in [0.1, 0.15) is 23.2 Å². The van der Waals surface area contributed by atoms with E-state index in [1.54, 1.807) is 0 Å². The third kappa shape index (κ3) is 4.25. The Morgan fingerprint density at radius 1 is 1.26 bits per heavy atom. The second kappa shape index (κ2) is 8.13. The first-order valence-electron chi connectivity index (χ1n) is 7.80. The highest BCUT2D eigenvalue weighted by Gasteiger charge is 2.24. The zero-order chi connectivity index (χ0) is 15.5. The summed E-state index contributed by atoms with van der Waals surface area (Å²) in [5, 5.41) is 5.48. The number of carbonyl (C=O) groups excluding carboxylic acids is 1. The Labute approximate surface area is 152 Å². The fraction of sp³-hybridized carbons (Fsp3) is 0.389. The molecule has 124 valence electrons. The first kappa shape index (κ1) is 18.2. The quantitative estimate of drug-likeness (QED) is 0.846. The van der Waals surface area contributed by atoms with Crippen LogP contribution >= 0.6 is 28.3 Å². The molecule has 3 nitrogen and oxygen atoms in total. The lowest BCUT2D eigenvalue weighted by molar-refractivity contribution is 0.0674. The Morgan fingerprint density at radius 2 is 2.00 bits per heavy atom. The molecule has 23 heavy (non-hydrogen) atoms. The lowest BCUT2D eigenvalue weighted by atomic mass is 9.97. The highest BCUT2D eigenvalue weighted by molar-refractivity contribution is 9.10. The average molecular weight is 398 g/mol. The Hall–Kier alpha value is -1.10. The molecule has 1 amide bonds. The number of benzene rings is 2. The Kier molecular flexibility index (Phi) is 6.45. The number of halogens is 2. The number of rotatable bonds is 3. The van der Waals surface area contributed by atoms with Gasteiger partial charge in [-0.2, -0.15) is 0 Å². The van der Waals surface area contributed by atoms with Crippen molar-refractivity contribution in [1.29, 1.82) is 0 Å². The van der Waals surface area contributed by atoms with Crippen molar-refractivity contribution in [2.75, 3.05) is 26.7 Å². The second-order valence-corrected chi connectivity index (χ2v) is 6.94. The summed E-state index contributed by atoms with van der Waals surface area (Å²) in [6.07, 6.45) is 2.30. The summed E-state index contributed by atoms with van der Waals surface area (Å²) in [6.45, 7) is 2.71. The van der Waals surface area contributed by atoms with Crippen LogP contribution in [0.15, 0.2) is 40.9 Å². The van der Waals surface area contributed by atoms with Gasteiger partial charge in [-0.1, -0.05) is 28.1 Å². The predicted octanol–water partition coefficient (Wildman–Crippen LogP) is 4.10. The number of fused-ring (bicyclic) bond motifs is 1. The standard InChI is InChI=1S/C18H21BrN2O.ClH/c1-20-11-13-3-2-8-21(12-13)18(22)16-5-4-15-10-17(19)7-6-14(15)9-16;/h4-7,9-10,13,20H,2-3,8,11-12H2,1H3;1H. The zero-order valence-corrected chi connectivity index (χ0v) is 15.6. The summed E-state index contributed by atoms with van der Waals surface area (Å²) in [5.74, 6) is 0.727. The van der Waals surface area contributed by atoms with E-state index in [2.05, 4.69) is 33.4 Å². The van der Waals surface area contributed by atoms with Crippen LogP contribution in [0.5, 0.6) is 0 Å². The van der Waals surface area contributed by atoms with Gasteiger partial charge in [-0.3, -0.25) is 4.79 Å². The molecule has 2 aromatic carbocycles. The van der Waals surface area contributed by atoms with Gasteiger partial charge in [-0.05, 0) is 67.4 Å². The lowest BCUT2D eigenvalue weighted by Gasteiger charge is -2.32. The number of nitrogens with one attached hydrogen (secondary N) is 1. The van der Waals surface area contributed by atoms with Crippen LogP contribution in [0.25, 0.3) is 10.8 Å². The van der Waals surface area contributed by atoms with Gasteiger partial charge in [0.05, 0.1) is 0 Å². The molecule has 0 radical (unpaired) electrons. The highest BCUT2D eigenvalue weighted by Crippen LogP contribution is 2.23. The molecule has 0 aliphatic carbocycles. The first-order chi connectivity index (χ1) is 10.7. The highest BCUT2D eigenvalue weighted by atomic mass is 79.9. The average Bonchev–Trinajstić information content (AvgIpc) is 2.54. The van der Waals surface area contributed by atoms with E-state index < -0.39 is 0 Å². The number of amides is 1. The van der Waals surface area contributed by atoms with Gasteiger partial charge in [-0.25, -0.2) is 0 Å². The van der Waals surface area contributed by atoms with E-state index in [4.69, 9.17) is 0 Å². The van der Waals surface area contributed by atoms with Crippen LogP contribution in [0.3, 0.4) is 0 Å². The van der Waals surface area contributed by atoms with Crippen molar-refractivity contribution in [1.82, 2.24) is 10.2 Å². The Morgan fingerprint density at radius 3 is 2.78 bits per heavy atom. The molecule has 5 heteroatoms. The third-order valence-electron chi connectivity index (χ3n) is 4.35. The molecule has 1 fully saturated rings. The molecule has 2 aromatic rings. The smallest absolute Gasteiger partial charge is 0.253 e. The van der Waals surface area contributed by atoms with E-state index in [-0.39, 0.29) is 18.3 Å². The van der Waals surface area contributed by atoms with E-state index in [1.165, 1.54) is 6.42 Å². The molecule has 3 rings (SSSR count). The molecule has 1 aliphatic rings. The van der Waals surface area contributed by atoms with Gasteiger partial charge in [0.1, 0.15) is 0 Å². The van der Waals surface area contributed by atoms with Gasteiger partial charge in [0.15, 0.2) is 0 Å². The fourth-order valence-corrected chi connectivity index (χ4v) is 3.62. The number of likely N-dealkylation sites (tertiary alicyclic amines) is 1. The molecule has 1 aliphatic heterocycles. The second-order valence-electron chi connectivity index (χ2n) is 6.02. The van der Waals surface area contributed by atoms with Gasteiger partial charge < -0.3 is 10.2 Å². The van der Waals surface area contributed by atoms with E-state index in [9.17, 15) is 4.79 Å². The van der Waals surface area contributed by atoms with Gasteiger partial charge in [0.25, 0.3) is 5.91 Å². The number of piperidine rings is 1. The minimum Gasteiger partial charge on any atom is -0.338 e. The number of carbonyl (C=O) groups is 1. The van der Waals surface area contributed by atoms with Crippen LogP contribution in [-0.2, 0) is 0 Å². The first-order valence-corrected chi connectivity index (χ1v) is 8.60. The number of hydrogen-bond donors (Lipinski definition) is 1. The minimum atomic E-state index is 0. The minimum absolute atomic E-state index is 0. The van der Waals surface area contributed by atoms with Gasteiger partial charge in [0.2, 0.25) is 0 Å². The van der Waals surface area contributed by atoms with Crippen molar-refractivity contribution in [3.63, 3.8) is 0 Å². The third-order valence-corrected chi connectivity index (χ3v) is 4.84. The molecule has 1 atom stereocenters. The van der Waals surface area contributed by atoms with Crippen molar-refractivity contribution in [3.05, 3.63) is 46.4 Å². The molecule has 0 bridgehead atoms. The lowest BCUT2D eigenvalue weighted by Crippen LogP contribution is -2.42. The molecule has 1 saturated heterocycles. The fourth-order valence-electron chi connectivity index (χ4n) is 3.24. The van der Waals surface area contributed by atoms with Crippen LogP contribution in [0.4, 0.5) is 0 Å². The van der Waals surface area contributed by atoms with E-state index >= 15 is 0 Å². The van der Waals surface area contributed by atoms with Crippen LogP contribution in [0.2, 0.25) is 0 Å². The maximum absolute atomic E-state index is 12.8. The van der Waals surface area contributed by atoms with E-state index in [0.717, 1.165) is 46.9 Å². The predicted molar refractivity (Wildman–Crippen MR) is 101 cm³/mol. The van der Waals surface area contributed by atoms with E-state index in [1.807, 2.05) is 36.2 Å². The molecule has 1 heterocycles. The van der Waals surface area contributed by atoms with Gasteiger partial charge >= 0.3 is 0 Å². The molecule has 0 spiro atoms. The zero-order valence-electron chi connectivity index (χ0n) is 13.2. The molecule has 1 N–H and O–H groups in total. The summed E-state index contributed by atoms with van der Waals surface area (Å²) in [5.41, 5.74) is 0.792. The van der Waals surface area contributed by atoms with Crippen molar-refractivity contribution >= 4 is 45.0 Å². The van der Waals surface area contributed by atoms with Gasteiger partial charge in [-0.15, -0.1) is 12.4 Å². The summed E-state index contributed by atoms with van der Waals surface area (Å²) in [4.78, 5) is 14.8. The van der Waals surface area contributed by atoms with Gasteiger partial charge in [0, 0.05) is 23.1 Å². The maximum Gasteiger partial charge on any atom is 0.253 e. The van der Waals surface area contributed by atoms with Crippen LogP contribution < -0.4 is 5.32 Å².